The van der Waals surface area contributed by atoms with Gasteiger partial charge < -0.3 is 0 Å². The average Bonchev–Trinajstić information content (AvgIpc) is 2.50. The van der Waals surface area contributed by atoms with E-state index in [1.165, 1.54) is 109 Å². The van der Waals surface area contributed by atoms with Gasteiger partial charge in [0.2, 0.25) is 0 Å². The van der Waals surface area contributed by atoms with E-state index in [-0.39, 0.29) is 0 Å². The van der Waals surface area contributed by atoms with Crippen LogP contribution in [0, 0.1) is 0 Å². The molecule has 0 saturated heterocycles. The van der Waals surface area contributed by atoms with E-state index in [1.54, 1.807) is 0 Å². The van der Waals surface area contributed by atoms with Crippen LogP contribution in [0.2, 0.25) is 0 Å². The Labute approximate surface area is 135 Å². The first-order valence-corrected chi connectivity index (χ1v) is 10.1. The lowest BCUT2D eigenvalue weighted by atomic mass is 10.0. The van der Waals surface area contributed by atoms with E-state index in [1.807, 2.05) is 0 Å². The molecule has 126 valence electrons. The second kappa shape index (κ2) is 19.7. The molecule has 0 amide bonds. The Kier molecular flexibility index (Phi) is 19.5. The van der Waals surface area contributed by atoms with E-state index >= 15 is 0 Å². The van der Waals surface area contributed by atoms with Crippen LogP contribution in [-0.2, 0) is 0 Å². The van der Waals surface area contributed by atoms with Crippen molar-refractivity contribution in [1.82, 2.24) is 0 Å². The molecule has 0 aromatic carbocycles. The molecular weight excluding hydrogens is 252 g/mol. The molecule has 0 radical (unpaired) electrons. The summed E-state index contributed by atoms with van der Waals surface area (Å²) in [6.07, 6.45) is 29.0. The van der Waals surface area contributed by atoms with Crippen molar-refractivity contribution < 1.29 is 0 Å². The van der Waals surface area contributed by atoms with Crippen molar-refractivity contribution in [2.24, 2.45) is 0 Å². The zero-order valence-corrected chi connectivity index (χ0v) is 15.2. The SMILES string of the molecule is CCCC=CCCCCCCCCCCCCCCCC. The van der Waals surface area contributed by atoms with Crippen molar-refractivity contribution in [1.29, 1.82) is 0 Å². The molecule has 0 aromatic rings. The van der Waals surface area contributed by atoms with Crippen LogP contribution in [0.1, 0.15) is 123 Å². The standard InChI is InChI=1S/C21H42/c1-3-5-7-9-11-13-15-17-19-21-20-18-16-14-12-10-8-6-4-2/h7,9H,3-6,8,10-21H2,1-2H3. The minimum Gasteiger partial charge on any atom is -0.0885 e. The lowest BCUT2D eigenvalue weighted by Gasteiger charge is -2.02. The van der Waals surface area contributed by atoms with Crippen LogP contribution in [0.3, 0.4) is 0 Å². The van der Waals surface area contributed by atoms with E-state index in [0.29, 0.717) is 0 Å². The molecule has 0 fully saturated rings. The molecule has 0 saturated carbocycles. The summed E-state index contributed by atoms with van der Waals surface area (Å²) in [4.78, 5) is 0. The second-order valence-corrected chi connectivity index (χ2v) is 6.64. The number of hydrogen-bond acceptors (Lipinski definition) is 0. The van der Waals surface area contributed by atoms with Crippen LogP contribution in [0.15, 0.2) is 12.2 Å². The Morgan fingerprint density at radius 1 is 0.381 bits per heavy atom. The van der Waals surface area contributed by atoms with Crippen LogP contribution < -0.4 is 0 Å². The van der Waals surface area contributed by atoms with Gasteiger partial charge in [-0.25, -0.2) is 0 Å². The number of hydrogen-bond donors (Lipinski definition) is 0. The first kappa shape index (κ1) is 20.7. The molecule has 0 N–H and O–H groups in total. The lowest BCUT2D eigenvalue weighted by molar-refractivity contribution is 0.536. The zero-order chi connectivity index (χ0) is 15.4. The maximum atomic E-state index is 2.38. The summed E-state index contributed by atoms with van der Waals surface area (Å²) in [6, 6.07) is 0. The molecule has 0 aliphatic rings. The third-order valence-corrected chi connectivity index (χ3v) is 4.35. The van der Waals surface area contributed by atoms with Gasteiger partial charge in [0.15, 0.2) is 0 Å². The molecule has 0 aliphatic heterocycles. The fourth-order valence-corrected chi connectivity index (χ4v) is 2.86. The molecule has 0 heteroatoms. The third-order valence-electron chi connectivity index (χ3n) is 4.35. The summed E-state index contributed by atoms with van der Waals surface area (Å²) in [6.45, 7) is 4.54. The minimum atomic E-state index is 1.26. The molecule has 0 unspecified atom stereocenters. The van der Waals surface area contributed by atoms with Gasteiger partial charge in [-0.15, -0.1) is 0 Å². The fourth-order valence-electron chi connectivity index (χ4n) is 2.86. The Balaban J connectivity index is 2.96. The molecule has 0 heterocycles. The molecule has 21 heavy (non-hydrogen) atoms. The van der Waals surface area contributed by atoms with Gasteiger partial charge in [-0.05, 0) is 19.3 Å². The monoisotopic (exact) mass is 294 g/mol. The van der Waals surface area contributed by atoms with E-state index < -0.39 is 0 Å². The predicted octanol–water partition coefficient (Wildman–Crippen LogP) is 8.21. The Hall–Kier alpha value is -0.260. The Morgan fingerprint density at radius 3 is 1.19 bits per heavy atom. The zero-order valence-electron chi connectivity index (χ0n) is 15.2. The van der Waals surface area contributed by atoms with Crippen molar-refractivity contribution in [3.8, 4) is 0 Å². The highest BCUT2D eigenvalue weighted by Crippen LogP contribution is 2.13. The van der Waals surface area contributed by atoms with Crippen LogP contribution >= 0.6 is 0 Å². The third kappa shape index (κ3) is 19.7. The Morgan fingerprint density at radius 2 is 0.762 bits per heavy atom. The number of rotatable bonds is 17. The largest absolute Gasteiger partial charge is 0.0885 e. The summed E-state index contributed by atoms with van der Waals surface area (Å²) < 4.78 is 0. The van der Waals surface area contributed by atoms with Crippen LogP contribution in [0.4, 0.5) is 0 Å². The van der Waals surface area contributed by atoms with Gasteiger partial charge >= 0.3 is 0 Å². The lowest BCUT2D eigenvalue weighted by Crippen LogP contribution is -1.83. The van der Waals surface area contributed by atoms with Gasteiger partial charge in [0.05, 0.1) is 0 Å². The normalized spacial score (nSPS) is 11.5. The summed E-state index contributed by atoms with van der Waals surface area (Å²) >= 11 is 0. The van der Waals surface area contributed by atoms with Gasteiger partial charge in [0.1, 0.15) is 0 Å². The van der Waals surface area contributed by atoms with Gasteiger partial charge in [0, 0.05) is 0 Å². The van der Waals surface area contributed by atoms with E-state index in [0.717, 1.165) is 0 Å². The van der Waals surface area contributed by atoms with E-state index in [9.17, 15) is 0 Å². The molecule has 0 nitrogen and oxygen atoms in total. The summed E-state index contributed by atoms with van der Waals surface area (Å²) in [5, 5.41) is 0. The minimum absolute atomic E-state index is 1.26. The van der Waals surface area contributed by atoms with E-state index in [2.05, 4.69) is 26.0 Å². The summed E-state index contributed by atoms with van der Waals surface area (Å²) in [5.41, 5.74) is 0. The van der Waals surface area contributed by atoms with Crippen LogP contribution in [0.5, 0.6) is 0 Å². The highest BCUT2D eigenvalue weighted by molar-refractivity contribution is 4.80. The van der Waals surface area contributed by atoms with Gasteiger partial charge in [-0.1, -0.05) is 116 Å². The quantitative estimate of drug-likeness (QED) is 0.187. The van der Waals surface area contributed by atoms with Crippen molar-refractivity contribution in [2.45, 2.75) is 123 Å². The highest BCUT2D eigenvalue weighted by Gasteiger charge is 1.93. The number of unbranched alkanes of at least 4 members (excludes halogenated alkanes) is 15. The van der Waals surface area contributed by atoms with Gasteiger partial charge in [0.25, 0.3) is 0 Å². The van der Waals surface area contributed by atoms with E-state index in [4.69, 9.17) is 0 Å². The molecule has 0 spiro atoms. The first-order chi connectivity index (χ1) is 10.4. The van der Waals surface area contributed by atoms with Gasteiger partial charge in [-0.2, -0.15) is 0 Å². The topological polar surface area (TPSA) is 0 Å². The molecular formula is C21H42. The average molecular weight is 295 g/mol. The van der Waals surface area contributed by atoms with Crippen molar-refractivity contribution in [3.05, 3.63) is 12.2 Å². The smallest absolute Gasteiger partial charge is 0.0351 e. The van der Waals surface area contributed by atoms with Gasteiger partial charge in [-0.3, -0.25) is 0 Å². The molecule has 0 bridgehead atoms. The van der Waals surface area contributed by atoms with Crippen LogP contribution in [0.25, 0.3) is 0 Å². The predicted molar refractivity (Wildman–Crippen MR) is 99.0 cm³/mol. The van der Waals surface area contributed by atoms with Crippen molar-refractivity contribution in [3.63, 3.8) is 0 Å². The Bertz CT molecular complexity index is 192. The molecule has 0 aromatic heterocycles. The maximum Gasteiger partial charge on any atom is -0.0351 e. The first-order valence-electron chi connectivity index (χ1n) is 10.1. The second-order valence-electron chi connectivity index (χ2n) is 6.64. The van der Waals surface area contributed by atoms with Crippen molar-refractivity contribution >= 4 is 0 Å². The molecule has 0 atom stereocenters. The molecule has 0 rings (SSSR count). The summed E-state index contributed by atoms with van der Waals surface area (Å²) in [7, 11) is 0. The molecule has 0 aliphatic carbocycles. The van der Waals surface area contributed by atoms with Crippen molar-refractivity contribution in [2.75, 3.05) is 0 Å². The van der Waals surface area contributed by atoms with Crippen LogP contribution in [-0.4, -0.2) is 0 Å². The fraction of sp³-hybridized carbons (Fsp3) is 0.905. The maximum absolute atomic E-state index is 2.38. The highest BCUT2D eigenvalue weighted by atomic mass is 14.0. The summed E-state index contributed by atoms with van der Waals surface area (Å²) in [5.74, 6) is 0. The number of allylic oxidation sites excluding steroid dienone is 2.